The van der Waals surface area contributed by atoms with Gasteiger partial charge in [-0.25, -0.2) is 0 Å². The Kier molecular flexibility index (Phi) is 5.12. The van der Waals surface area contributed by atoms with Gasteiger partial charge >= 0.3 is 0 Å². The van der Waals surface area contributed by atoms with Gasteiger partial charge in [-0.1, -0.05) is 36.9 Å². The Labute approximate surface area is 121 Å². The van der Waals surface area contributed by atoms with Crippen LogP contribution in [-0.4, -0.2) is 12.6 Å². The first-order valence-electron chi connectivity index (χ1n) is 7.45. The van der Waals surface area contributed by atoms with Crippen LogP contribution in [0.15, 0.2) is 18.2 Å². The molecule has 2 nitrogen and oxygen atoms in total. The fourth-order valence-corrected chi connectivity index (χ4v) is 3.35. The minimum Gasteiger partial charge on any atom is -0.368 e. The van der Waals surface area contributed by atoms with Crippen molar-refractivity contribution in [2.24, 2.45) is 5.73 Å². The van der Waals surface area contributed by atoms with Crippen molar-refractivity contribution < 1.29 is 0 Å². The highest BCUT2D eigenvalue weighted by molar-refractivity contribution is 6.33. The Morgan fingerprint density at radius 2 is 2.00 bits per heavy atom. The molecule has 106 valence electrons. The highest BCUT2D eigenvalue weighted by Crippen LogP contribution is 2.33. The van der Waals surface area contributed by atoms with E-state index < -0.39 is 0 Å². The molecule has 3 heteroatoms. The number of hydrogen-bond donors (Lipinski definition) is 1. The van der Waals surface area contributed by atoms with Crippen LogP contribution in [0, 0.1) is 0 Å². The van der Waals surface area contributed by atoms with Gasteiger partial charge in [0, 0.05) is 18.6 Å². The number of nitrogens with two attached hydrogens (primary N) is 1. The van der Waals surface area contributed by atoms with E-state index in [2.05, 4.69) is 24.0 Å². The molecule has 1 atom stereocenters. The first-order chi connectivity index (χ1) is 9.13. The van der Waals surface area contributed by atoms with E-state index in [9.17, 15) is 0 Å². The van der Waals surface area contributed by atoms with E-state index in [1.165, 1.54) is 37.8 Å². The summed E-state index contributed by atoms with van der Waals surface area (Å²) in [5.74, 6) is 0. The van der Waals surface area contributed by atoms with Crippen molar-refractivity contribution in [1.82, 2.24) is 0 Å². The van der Waals surface area contributed by atoms with E-state index in [0.717, 1.165) is 17.1 Å². The molecule has 1 aliphatic carbocycles. The zero-order chi connectivity index (χ0) is 13.8. The SMILES string of the molecule is CCN(c1ccc([C@H](C)N)cc1Cl)C1CCCCC1. The van der Waals surface area contributed by atoms with Crippen molar-refractivity contribution in [3.05, 3.63) is 28.8 Å². The summed E-state index contributed by atoms with van der Waals surface area (Å²) in [6.07, 6.45) is 6.65. The maximum absolute atomic E-state index is 6.47. The van der Waals surface area contributed by atoms with E-state index in [-0.39, 0.29) is 6.04 Å². The Hall–Kier alpha value is -0.730. The topological polar surface area (TPSA) is 29.3 Å². The Morgan fingerprint density at radius 3 is 2.53 bits per heavy atom. The standard InChI is InChI=1S/C16H25ClN2/c1-3-19(14-7-5-4-6-8-14)16-10-9-13(12(2)18)11-15(16)17/h9-12,14H,3-8,18H2,1-2H3/t12-/m0/s1. The molecule has 0 unspecified atom stereocenters. The highest BCUT2D eigenvalue weighted by Gasteiger charge is 2.22. The van der Waals surface area contributed by atoms with Gasteiger partial charge in [0.05, 0.1) is 10.7 Å². The zero-order valence-electron chi connectivity index (χ0n) is 12.0. The summed E-state index contributed by atoms with van der Waals surface area (Å²) in [5.41, 5.74) is 8.18. The smallest absolute Gasteiger partial charge is 0.0642 e. The summed E-state index contributed by atoms with van der Waals surface area (Å²) in [6, 6.07) is 6.96. The Balaban J connectivity index is 2.22. The average molecular weight is 281 g/mol. The molecule has 0 radical (unpaired) electrons. The van der Waals surface area contributed by atoms with Crippen LogP contribution in [-0.2, 0) is 0 Å². The minimum absolute atomic E-state index is 0.0382. The van der Waals surface area contributed by atoms with Gasteiger partial charge in [-0.3, -0.25) is 0 Å². The lowest BCUT2D eigenvalue weighted by molar-refractivity contribution is 0.418. The van der Waals surface area contributed by atoms with Crippen LogP contribution in [0.25, 0.3) is 0 Å². The summed E-state index contributed by atoms with van der Waals surface area (Å²) in [7, 11) is 0. The fourth-order valence-electron chi connectivity index (χ4n) is 3.06. The molecule has 2 rings (SSSR count). The molecule has 1 aromatic carbocycles. The molecule has 0 aromatic heterocycles. The third kappa shape index (κ3) is 3.43. The molecule has 2 N–H and O–H groups in total. The molecular weight excluding hydrogens is 256 g/mol. The number of benzene rings is 1. The van der Waals surface area contributed by atoms with E-state index in [1.807, 2.05) is 13.0 Å². The van der Waals surface area contributed by atoms with E-state index in [4.69, 9.17) is 17.3 Å². The van der Waals surface area contributed by atoms with Crippen LogP contribution in [0.2, 0.25) is 5.02 Å². The van der Waals surface area contributed by atoms with Crippen molar-refractivity contribution in [1.29, 1.82) is 0 Å². The second kappa shape index (κ2) is 6.62. The number of rotatable bonds is 4. The summed E-state index contributed by atoms with van der Waals surface area (Å²) in [5, 5.41) is 0.835. The first-order valence-corrected chi connectivity index (χ1v) is 7.83. The van der Waals surface area contributed by atoms with Crippen LogP contribution in [0.3, 0.4) is 0 Å². The largest absolute Gasteiger partial charge is 0.368 e. The van der Waals surface area contributed by atoms with Gasteiger partial charge in [0.15, 0.2) is 0 Å². The van der Waals surface area contributed by atoms with E-state index in [0.29, 0.717) is 6.04 Å². The maximum atomic E-state index is 6.47. The zero-order valence-corrected chi connectivity index (χ0v) is 12.8. The lowest BCUT2D eigenvalue weighted by Crippen LogP contribution is -2.36. The summed E-state index contributed by atoms with van der Waals surface area (Å²) >= 11 is 6.47. The van der Waals surface area contributed by atoms with Gasteiger partial charge in [-0.2, -0.15) is 0 Å². The van der Waals surface area contributed by atoms with Crippen LogP contribution in [0.4, 0.5) is 5.69 Å². The monoisotopic (exact) mass is 280 g/mol. The van der Waals surface area contributed by atoms with Gasteiger partial charge in [0.25, 0.3) is 0 Å². The molecule has 19 heavy (non-hydrogen) atoms. The molecular formula is C16H25ClN2. The summed E-state index contributed by atoms with van der Waals surface area (Å²) in [4.78, 5) is 2.46. The Morgan fingerprint density at radius 1 is 1.32 bits per heavy atom. The molecule has 1 aromatic rings. The normalized spacial score (nSPS) is 18.3. The van der Waals surface area contributed by atoms with Crippen molar-refractivity contribution in [3.63, 3.8) is 0 Å². The number of halogens is 1. The summed E-state index contributed by atoms with van der Waals surface area (Å²) < 4.78 is 0. The predicted octanol–water partition coefficient (Wildman–Crippen LogP) is 4.52. The fraction of sp³-hybridized carbons (Fsp3) is 0.625. The summed E-state index contributed by atoms with van der Waals surface area (Å²) in [6.45, 7) is 5.22. The van der Waals surface area contributed by atoms with Crippen LogP contribution in [0.1, 0.15) is 57.6 Å². The number of nitrogens with zero attached hydrogens (tertiary/aromatic N) is 1. The predicted molar refractivity (Wildman–Crippen MR) is 83.9 cm³/mol. The molecule has 0 bridgehead atoms. The third-order valence-corrected chi connectivity index (χ3v) is 4.47. The van der Waals surface area contributed by atoms with Gasteiger partial charge in [-0.15, -0.1) is 0 Å². The molecule has 0 amide bonds. The lowest BCUT2D eigenvalue weighted by atomic mass is 9.93. The van der Waals surface area contributed by atoms with E-state index in [1.54, 1.807) is 0 Å². The molecule has 1 aliphatic rings. The van der Waals surface area contributed by atoms with Crippen molar-refractivity contribution in [3.8, 4) is 0 Å². The van der Waals surface area contributed by atoms with Crippen molar-refractivity contribution >= 4 is 17.3 Å². The van der Waals surface area contributed by atoms with Crippen molar-refractivity contribution in [2.45, 2.75) is 58.0 Å². The minimum atomic E-state index is 0.0382. The van der Waals surface area contributed by atoms with Crippen molar-refractivity contribution in [2.75, 3.05) is 11.4 Å². The van der Waals surface area contributed by atoms with Crippen LogP contribution < -0.4 is 10.6 Å². The van der Waals surface area contributed by atoms with Crippen LogP contribution >= 0.6 is 11.6 Å². The molecule has 0 saturated heterocycles. The molecule has 0 heterocycles. The number of anilines is 1. The highest BCUT2D eigenvalue weighted by atomic mass is 35.5. The van der Waals surface area contributed by atoms with Gasteiger partial charge < -0.3 is 10.6 Å². The molecule has 0 spiro atoms. The maximum Gasteiger partial charge on any atom is 0.0642 e. The van der Waals surface area contributed by atoms with Gasteiger partial charge in [-0.05, 0) is 44.4 Å². The third-order valence-electron chi connectivity index (χ3n) is 4.16. The Bertz CT molecular complexity index is 411. The molecule has 1 fully saturated rings. The molecule has 0 aliphatic heterocycles. The quantitative estimate of drug-likeness (QED) is 0.879. The van der Waals surface area contributed by atoms with Gasteiger partial charge in [0.1, 0.15) is 0 Å². The second-order valence-electron chi connectivity index (χ2n) is 5.58. The van der Waals surface area contributed by atoms with E-state index >= 15 is 0 Å². The second-order valence-corrected chi connectivity index (χ2v) is 5.98. The lowest BCUT2D eigenvalue weighted by Gasteiger charge is -2.36. The average Bonchev–Trinajstić information content (AvgIpc) is 2.42. The molecule has 1 saturated carbocycles. The number of hydrogen-bond acceptors (Lipinski definition) is 2. The first kappa shape index (κ1) is 14.7. The van der Waals surface area contributed by atoms with Crippen LogP contribution in [0.5, 0.6) is 0 Å². The van der Waals surface area contributed by atoms with Gasteiger partial charge in [0.2, 0.25) is 0 Å².